The van der Waals surface area contributed by atoms with Gasteiger partial charge >= 0.3 is 0 Å². The molecule has 0 aliphatic carbocycles. The summed E-state index contributed by atoms with van der Waals surface area (Å²) in [6.07, 6.45) is 2.50. The zero-order valence-electron chi connectivity index (χ0n) is 17.0. The van der Waals surface area contributed by atoms with Crippen molar-refractivity contribution < 1.29 is 86.6 Å². The molecule has 9 N–H and O–H groups in total. The Kier molecular flexibility index (Phi) is 279. The van der Waals surface area contributed by atoms with Crippen LogP contribution in [0.4, 0.5) is 0 Å². The van der Waals surface area contributed by atoms with E-state index >= 15 is 0 Å². The van der Waals surface area contributed by atoms with E-state index in [1.807, 2.05) is 14.0 Å². The molecule has 0 aliphatic rings. The third kappa shape index (κ3) is 1720. The molecule has 0 bridgehead atoms. The Labute approximate surface area is 202 Å². The maximum Gasteiger partial charge on any atom is 0.0820 e. The van der Waals surface area contributed by atoms with Crippen molar-refractivity contribution >= 4 is 0 Å². The summed E-state index contributed by atoms with van der Waals surface area (Å²) in [4.78, 5) is 0. The standard InChI is InChI=1S/C4H9N.2C3H6O.C3H5.CH5N.2CH3.2H2O.2Y/c1-4(2)5-3;2*1-3(2)4;1-3-2;1-2;;;;;;/h5H,1H2,2-3H3;2*4H,1H2,2H3;1H2,2H3;2H2,1H3;2*1H3;2*1H2;;/q;;;-1;;2*-1;;;;. The van der Waals surface area contributed by atoms with Crippen LogP contribution in [0.5, 0.6) is 0 Å². The maximum atomic E-state index is 7.86. The minimum Gasteiger partial charge on any atom is -0.513 e. The first-order chi connectivity index (χ1) is 8.15. The molecule has 0 aliphatic heterocycles. The molecule has 0 aromatic rings. The molecule has 24 heavy (non-hydrogen) atoms. The molecular formula is C16H41N2O4Y2-3. The Balaban J connectivity index is -0.00000000941. The molecule has 6 nitrogen and oxygen atoms in total. The molecule has 0 saturated heterocycles. The van der Waals surface area contributed by atoms with Crippen molar-refractivity contribution in [2.45, 2.75) is 27.7 Å². The molecule has 0 spiro atoms. The summed E-state index contributed by atoms with van der Waals surface area (Å²) in [6, 6.07) is 0. The predicted molar refractivity (Wildman–Crippen MR) is 103 cm³/mol. The summed E-state index contributed by atoms with van der Waals surface area (Å²) in [5, 5.41) is 18.6. The van der Waals surface area contributed by atoms with Crippen molar-refractivity contribution in [1.82, 2.24) is 5.32 Å². The molecule has 0 fully saturated rings. The van der Waals surface area contributed by atoms with Crippen molar-refractivity contribution in [1.29, 1.82) is 0 Å². The number of rotatable bonds is 1. The molecule has 0 atom stereocenters. The van der Waals surface area contributed by atoms with Crippen LogP contribution < -0.4 is 11.1 Å². The van der Waals surface area contributed by atoms with E-state index in [1.54, 1.807) is 6.92 Å². The second kappa shape index (κ2) is 90.2. The topological polar surface area (TPSA) is 142 Å². The van der Waals surface area contributed by atoms with Crippen LogP contribution in [-0.4, -0.2) is 35.3 Å². The Bertz CT molecular complexity index is 196. The smallest absolute Gasteiger partial charge is 0.0820 e. The molecular weight excluding hydrogens is 462 g/mol. The third-order valence-electron chi connectivity index (χ3n) is 0.427. The van der Waals surface area contributed by atoms with Gasteiger partial charge in [-0.05, 0) is 33.5 Å². The summed E-state index contributed by atoms with van der Waals surface area (Å²) in [7, 11) is 3.35. The van der Waals surface area contributed by atoms with E-state index in [1.165, 1.54) is 20.9 Å². The van der Waals surface area contributed by atoms with Crippen LogP contribution in [0.3, 0.4) is 0 Å². The number of allylic oxidation sites excluding steroid dienone is 4. The van der Waals surface area contributed by atoms with Gasteiger partial charge in [-0.1, -0.05) is 19.7 Å². The number of nitrogens with one attached hydrogen (secondary N) is 1. The van der Waals surface area contributed by atoms with Gasteiger partial charge in [0.15, 0.2) is 0 Å². The summed E-state index contributed by atoms with van der Waals surface area (Å²) >= 11 is 0. The molecule has 0 aromatic heterocycles. The average Bonchev–Trinajstić information content (AvgIpc) is 2.20. The van der Waals surface area contributed by atoms with Gasteiger partial charge in [0.25, 0.3) is 0 Å². The molecule has 0 saturated carbocycles. The van der Waals surface area contributed by atoms with E-state index in [0.29, 0.717) is 0 Å². The Morgan fingerprint density at radius 2 is 0.917 bits per heavy atom. The first-order valence-electron chi connectivity index (χ1n) is 5.19. The van der Waals surface area contributed by atoms with Crippen molar-refractivity contribution in [3.63, 3.8) is 0 Å². The molecule has 0 rings (SSSR count). The van der Waals surface area contributed by atoms with E-state index in [9.17, 15) is 0 Å². The van der Waals surface area contributed by atoms with Crippen LogP contribution in [-0.2, 0) is 65.4 Å². The van der Waals surface area contributed by atoms with Crippen LogP contribution in [0.1, 0.15) is 27.7 Å². The van der Waals surface area contributed by atoms with Gasteiger partial charge in [-0.2, -0.15) is 6.92 Å². The van der Waals surface area contributed by atoms with Crippen LogP contribution in [0.15, 0.2) is 43.5 Å². The van der Waals surface area contributed by atoms with Gasteiger partial charge in [0.2, 0.25) is 0 Å². The van der Waals surface area contributed by atoms with Gasteiger partial charge in [0, 0.05) is 72.5 Å². The molecule has 148 valence electrons. The van der Waals surface area contributed by atoms with Crippen LogP contribution in [0.2, 0.25) is 0 Å². The van der Waals surface area contributed by atoms with E-state index in [4.69, 9.17) is 10.2 Å². The number of nitrogens with two attached hydrogens (primary N) is 1. The van der Waals surface area contributed by atoms with Crippen molar-refractivity contribution in [2.24, 2.45) is 5.73 Å². The first kappa shape index (κ1) is 74.3. The second-order valence-corrected chi connectivity index (χ2v) is 2.85. The van der Waals surface area contributed by atoms with Gasteiger partial charge in [0.05, 0.1) is 11.5 Å². The van der Waals surface area contributed by atoms with Crippen molar-refractivity contribution in [3.8, 4) is 0 Å². The molecule has 0 heterocycles. The quantitative estimate of drug-likeness (QED) is 0.323. The van der Waals surface area contributed by atoms with Gasteiger partial charge < -0.3 is 53.1 Å². The maximum absolute atomic E-state index is 7.86. The Hall–Kier alpha value is 0.448. The fraction of sp³-hybridized carbons (Fsp3) is 0.375. The number of aliphatic hydroxyl groups excluding tert-OH is 2. The fourth-order valence-corrected chi connectivity index (χ4v) is 0. The normalized spacial score (nSPS) is 4.29. The second-order valence-electron chi connectivity index (χ2n) is 2.85. The largest absolute Gasteiger partial charge is 0.513 e. The third-order valence-corrected chi connectivity index (χ3v) is 0.427. The van der Waals surface area contributed by atoms with E-state index in [-0.39, 0.29) is 103 Å². The SMILES string of the molecule is C=C(C)NC.C=C(C)O.C=C(C)O.C=[C-]C.CN.O.O.[CH3-].[CH3-].[Y].[Y]. The monoisotopic (exact) mass is 503 g/mol. The molecule has 8 heteroatoms. The number of aliphatic hydroxyl groups is 2. The summed E-state index contributed by atoms with van der Waals surface area (Å²) < 4.78 is 0. The number of hydrogen-bond acceptors (Lipinski definition) is 4. The van der Waals surface area contributed by atoms with Gasteiger partial charge in [-0.25, -0.2) is 0 Å². The Morgan fingerprint density at radius 1 is 0.875 bits per heavy atom. The minimum absolute atomic E-state index is 0. The summed E-state index contributed by atoms with van der Waals surface area (Å²) in [5.74, 6) is 0.333. The van der Waals surface area contributed by atoms with E-state index in [2.05, 4.69) is 43.4 Å². The van der Waals surface area contributed by atoms with Gasteiger partial charge in [0.1, 0.15) is 0 Å². The van der Waals surface area contributed by atoms with Crippen LogP contribution in [0.25, 0.3) is 0 Å². The van der Waals surface area contributed by atoms with Crippen molar-refractivity contribution in [2.75, 3.05) is 14.1 Å². The fourth-order valence-electron chi connectivity index (χ4n) is 0. The average molecular weight is 503 g/mol. The summed E-state index contributed by atoms with van der Waals surface area (Å²) in [5.41, 5.74) is 5.50. The van der Waals surface area contributed by atoms with Gasteiger partial charge in [-0.15, -0.1) is 0 Å². The predicted octanol–water partition coefficient (Wildman–Crippen LogP) is 2.71. The zero-order valence-corrected chi connectivity index (χ0v) is 22.6. The molecule has 0 unspecified atom stereocenters. The van der Waals surface area contributed by atoms with Crippen LogP contribution in [0, 0.1) is 20.9 Å². The van der Waals surface area contributed by atoms with E-state index in [0.717, 1.165) is 5.70 Å². The zero-order chi connectivity index (χ0) is 16.1. The Morgan fingerprint density at radius 3 is 0.917 bits per heavy atom. The molecule has 2 radical (unpaired) electrons. The van der Waals surface area contributed by atoms with Gasteiger partial charge in [-0.3, -0.25) is 6.58 Å². The van der Waals surface area contributed by atoms with E-state index < -0.39 is 0 Å². The molecule has 0 amide bonds. The first-order valence-corrected chi connectivity index (χ1v) is 5.19. The minimum atomic E-state index is 0. The summed E-state index contributed by atoms with van der Waals surface area (Å²) in [6.45, 7) is 19.8. The molecule has 0 aromatic carbocycles. The van der Waals surface area contributed by atoms with Crippen molar-refractivity contribution in [3.05, 3.63) is 64.5 Å². The number of hydrogen-bond donors (Lipinski definition) is 4. The van der Waals surface area contributed by atoms with Crippen LogP contribution >= 0.6 is 0 Å².